The fourth-order valence-corrected chi connectivity index (χ4v) is 4.18. The summed E-state index contributed by atoms with van der Waals surface area (Å²) in [5.41, 5.74) is 6.21. The lowest BCUT2D eigenvalue weighted by molar-refractivity contribution is -0.135. The number of carbonyl (C=O) groups is 1. The Balaban J connectivity index is 0.00000176. The van der Waals surface area contributed by atoms with Gasteiger partial charge in [0, 0.05) is 32.2 Å². The summed E-state index contributed by atoms with van der Waals surface area (Å²) in [6.07, 6.45) is 11.6. The SMILES string of the molecule is Cl.NC(CC1CCCCC1)C(=O)N1CCN(C2CCC2)CC1. The first-order valence-electron chi connectivity index (χ1n) is 9.02. The van der Waals surface area contributed by atoms with Crippen LogP contribution in [0.25, 0.3) is 0 Å². The van der Waals surface area contributed by atoms with Crippen molar-refractivity contribution in [3.8, 4) is 0 Å². The average Bonchev–Trinajstić information content (AvgIpc) is 2.46. The minimum absolute atomic E-state index is 0. The van der Waals surface area contributed by atoms with Gasteiger partial charge in [-0.3, -0.25) is 9.69 Å². The molecule has 1 amide bonds. The Labute approximate surface area is 141 Å². The van der Waals surface area contributed by atoms with Crippen molar-refractivity contribution >= 4 is 18.3 Å². The minimum Gasteiger partial charge on any atom is -0.339 e. The van der Waals surface area contributed by atoms with Gasteiger partial charge in [0.25, 0.3) is 0 Å². The van der Waals surface area contributed by atoms with Crippen LogP contribution in [0.4, 0.5) is 0 Å². The number of halogens is 1. The molecule has 0 aromatic rings. The molecule has 1 atom stereocenters. The molecule has 0 aromatic carbocycles. The van der Waals surface area contributed by atoms with Crippen molar-refractivity contribution in [2.75, 3.05) is 26.2 Å². The molecule has 2 saturated carbocycles. The molecule has 22 heavy (non-hydrogen) atoms. The highest BCUT2D eigenvalue weighted by atomic mass is 35.5. The third-order valence-electron chi connectivity index (χ3n) is 5.85. The van der Waals surface area contributed by atoms with E-state index in [1.807, 2.05) is 4.90 Å². The zero-order valence-electron chi connectivity index (χ0n) is 13.7. The molecule has 4 nitrogen and oxygen atoms in total. The molecule has 0 radical (unpaired) electrons. The Morgan fingerprint density at radius 1 is 0.955 bits per heavy atom. The van der Waals surface area contributed by atoms with E-state index in [0.29, 0.717) is 5.92 Å². The largest absolute Gasteiger partial charge is 0.339 e. The van der Waals surface area contributed by atoms with Crippen LogP contribution in [0.5, 0.6) is 0 Å². The molecule has 1 aliphatic heterocycles. The van der Waals surface area contributed by atoms with E-state index in [2.05, 4.69) is 4.90 Å². The lowest BCUT2D eigenvalue weighted by Crippen LogP contribution is -2.56. The summed E-state index contributed by atoms with van der Waals surface area (Å²) >= 11 is 0. The van der Waals surface area contributed by atoms with Crippen molar-refractivity contribution in [3.05, 3.63) is 0 Å². The normalized spacial score (nSPS) is 26.1. The van der Waals surface area contributed by atoms with E-state index in [-0.39, 0.29) is 24.4 Å². The van der Waals surface area contributed by atoms with Crippen LogP contribution in [0.15, 0.2) is 0 Å². The second-order valence-corrected chi connectivity index (χ2v) is 7.29. The number of piperazine rings is 1. The van der Waals surface area contributed by atoms with Crippen LogP contribution in [-0.4, -0.2) is 54.0 Å². The summed E-state index contributed by atoms with van der Waals surface area (Å²) in [4.78, 5) is 17.1. The highest BCUT2D eigenvalue weighted by molar-refractivity contribution is 5.85. The van der Waals surface area contributed by atoms with Crippen LogP contribution in [0.2, 0.25) is 0 Å². The highest BCUT2D eigenvalue weighted by Gasteiger charge is 2.31. The molecule has 0 spiro atoms. The fourth-order valence-electron chi connectivity index (χ4n) is 4.18. The van der Waals surface area contributed by atoms with E-state index in [1.165, 1.54) is 51.4 Å². The third kappa shape index (κ3) is 4.36. The van der Waals surface area contributed by atoms with Crippen LogP contribution in [0.1, 0.15) is 57.8 Å². The number of hydrogen-bond donors (Lipinski definition) is 1. The average molecular weight is 330 g/mol. The Morgan fingerprint density at radius 3 is 2.14 bits per heavy atom. The van der Waals surface area contributed by atoms with E-state index in [1.54, 1.807) is 0 Å². The number of rotatable bonds is 4. The van der Waals surface area contributed by atoms with E-state index in [0.717, 1.165) is 38.6 Å². The number of carbonyl (C=O) groups excluding carboxylic acids is 1. The van der Waals surface area contributed by atoms with Gasteiger partial charge in [-0.15, -0.1) is 12.4 Å². The van der Waals surface area contributed by atoms with Gasteiger partial charge in [0.15, 0.2) is 0 Å². The van der Waals surface area contributed by atoms with Crippen molar-refractivity contribution in [2.24, 2.45) is 11.7 Å². The van der Waals surface area contributed by atoms with Gasteiger partial charge < -0.3 is 10.6 Å². The molecule has 3 fully saturated rings. The molecule has 0 aromatic heterocycles. The van der Waals surface area contributed by atoms with Crippen LogP contribution in [0.3, 0.4) is 0 Å². The number of nitrogens with zero attached hydrogens (tertiary/aromatic N) is 2. The van der Waals surface area contributed by atoms with Crippen LogP contribution in [-0.2, 0) is 4.79 Å². The highest BCUT2D eigenvalue weighted by Crippen LogP contribution is 2.28. The van der Waals surface area contributed by atoms with Crippen molar-refractivity contribution < 1.29 is 4.79 Å². The molecule has 1 heterocycles. The van der Waals surface area contributed by atoms with Gasteiger partial charge in [0.05, 0.1) is 6.04 Å². The number of amides is 1. The van der Waals surface area contributed by atoms with Crippen LogP contribution < -0.4 is 5.73 Å². The maximum absolute atomic E-state index is 12.5. The first-order valence-corrected chi connectivity index (χ1v) is 9.02. The maximum atomic E-state index is 12.5. The summed E-state index contributed by atoms with van der Waals surface area (Å²) in [5, 5.41) is 0. The lowest BCUT2D eigenvalue weighted by atomic mass is 9.84. The van der Waals surface area contributed by atoms with E-state index >= 15 is 0 Å². The topological polar surface area (TPSA) is 49.6 Å². The van der Waals surface area contributed by atoms with Crippen molar-refractivity contribution in [1.82, 2.24) is 9.80 Å². The zero-order valence-corrected chi connectivity index (χ0v) is 14.5. The maximum Gasteiger partial charge on any atom is 0.239 e. The van der Waals surface area contributed by atoms with Gasteiger partial charge in [-0.1, -0.05) is 38.5 Å². The third-order valence-corrected chi connectivity index (χ3v) is 5.85. The van der Waals surface area contributed by atoms with Gasteiger partial charge in [-0.2, -0.15) is 0 Å². The Hall–Kier alpha value is -0.320. The standard InChI is InChI=1S/C17H31N3O.ClH/c18-16(13-14-5-2-1-3-6-14)17(21)20-11-9-19(10-12-20)15-7-4-8-15;/h14-16H,1-13,18H2;1H. The molecule has 2 N–H and O–H groups in total. The fraction of sp³-hybridized carbons (Fsp3) is 0.941. The summed E-state index contributed by atoms with van der Waals surface area (Å²) < 4.78 is 0. The zero-order chi connectivity index (χ0) is 14.7. The minimum atomic E-state index is -0.261. The summed E-state index contributed by atoms with van der Waals surface area (Å²) in [7, 11) is 0. The lowest BCUT2D eigenvalue weighted by Gasteiger charge is -2.43. The predicted octanol–water partition coefficient (Wildman–Crippen LogP) is 2.40. The van der Waals surface area contributed by atoms with Gasteiger partial charge in [-0.05, 0) is 25.2 Å². The van der Waals surface area contributed by atoms with Crippen molar-refractivity contribution in [2.45, 2.75) is 69.9 Å². The molecule has 1 unspecified atom stereocenters. The molecule has 1 saturated heterocycles. The van der Waals surface area contributed by atoms with Crippen LogP contribution in [0, 0.1) is 5.92 Å². The van der Waals surface area contributed by atoms with Crippen molar-refractivity contribution in [1.29, 1.82) is 0 Å². The second-order valence-electron chi connectivity index (χ2n) is 7.29. The molecule has 128 valence electrons. The van der Waals surface area contributed by atoms with E-state index < -0.39 is 0 Å². The number of nitrogens with two attached hydrogens (primary N) is 1. The molecular formula is C17H32ClN3O. The van der Waals surface area contributed by atoms with E-state index in [9.17, 15) is 4.79 Å². The molecular weight excluding hydrogens is 298 g/mol. The predicted molar refractivity (Wildman–Crippen MR) is 92.2 cm³/mol. The summed E-state index contributed by atoms with van der Waals surface area (Å²) in [6, 6.07) is 0.543. The summed E-state index contributed by atoms with van der Waals surface area (Å²) in [5.74, 6) is 0.891. The van der Waals surface area contributed by atoms with E-state index in [4.69, 9.17) is 5.73 Å². The van der Waals surface area contributed by atoms with Crippen molar-refractivity contribution in [3.63, 3.8) is 0 Å². The number of hydrogen-bond acceptors (Lipinski definition) is 3. The van der Waals surface area contributed by atoms with Gasteiger partial charge in [0.1, 0.15) is 0 Å². The quantitative estimate of drug-likeness (QED) is 0.861. The molecule has 3 aliphatic rings. The molecule has 2 aliphatic carbocycles. The Bertz CT molecular complexity index is 348. The Kier molecular flexibility index (Phi) is 6.97. The monoisotopic (exact) mass is 329 g/mol. The smallest absolute Gasteiger partial charge is 0.239 e. The summed E-state index contributed by atoms with van der Waals surface area (Å²) in [6.45, 7) is 3.86. The Morgan fingerprint density at radius 2 is 1.59 bits per heavy atom. The molecule has 3 rings (SSSR count). The first kappa shape index (κ1) is 18.0. The molecule has 5 heteroatoms. The van der Waals surface area contributed by atoms with Crippen LogP contribution >= 0.6 is 12.4 Å². The molecule has 0 bridgehead atoms. The van der Waals surface area contributed by atoms with Gasteiger partial charge in [-0.25, -0.2) is 0 Å². The van der Waals surface area contributed by atoms with Gasteiger partial charge in [0.2, 0.25) is 5.91 Å². The van der Waals surface area contributed by atoms with Gasteiger partial charge >= 0.3 is 0 Å². The second kappa shape index (κ2) is 8.51. The first-order chi connectivity index (χ1) is 10.2.